The fourth-order valence-corrected chi connectivity index (χ4v) is 4.02. The van der Waals surface area contributed by atoms with Crippen molar-refractivity contribution < 1.29 is 22.8 Å². The van der Waals surface area contributed by atoms with Crippen molar-refractivity contribution in [2.24, 2.45) is 5.41 Å². The first-order valence-corrected chi connectivity index (χ1v) is 11.4. The van der Waals surface area contributed by atoms with Crippen molar-refractivity contribution in [1.29, 1.82) is 0 Å². The molecule has 120 valence electrons. The van der Waals surface area contributed by atoms with Crippen LogP contribution < -0.4 is 0 Å². The molecule has 1 atom stereocenters. The van der Waals surface area contributed by atoms with E-state index in [1.54, 1.807) is 0 Å². The molecular formula is C13H29O5PSi. The Bertz CT molecular complexity index is 343. The van der Waals surface area contributed by atoms with E-state index >= 15 is 0 Å². The quantitative estimate of drug-likeness (QED) is 0.481. The summed E-state index contributed by atoms with van der Waals surface area (Å²) in [7, 11) is -1.82. The van der Waals surface area contributed by atoms with Crippen molar-refractivity contribution >= 4 is 22.4 Å². The van der Waals surface area contributed by atoms with Crippen LogP contribution in [0.2, 0.25) is 13.1 Å². The van der Waals surface area contributed by atoms with E-state index in [1.807, 2.05) is 0 Å². The van der Waals surface area contributed by atoms with E-state index in [2.05, 4.69) is 33.9 Å². The third-order valence-corrected chi connectivity index (χ3v) is 5.74. The Kier molecular flexibility index (Phi) is 8.44. The molecule has 0 heterocycles. The zero-order chi connectivity index (χ0) is 16.0. The summed E-state index contributed by atoms with van der Waals surface area (Å²) < 4.78 is 27.5. The van der Waals surface area contributed by atoms with E-state index in [-0.39, 0.29) is 23.5 Å². The third-order valence-electron chi connectivity index (χ3n) is 3.01. The highest BCUT2D eigenvalue weighted by atomic mass is 31.2. The summed E-state index contributed by atoms with van der Waals surface area (Å²) >= 11 is 0. The lowest BCUT2D eigenvalue weighted by molar-refractivity contribution is -0.117. The van der Waals surface area contributed by atoms with Gasteiger partial charge in [-0.2, -0.15) is 0 Å². The van der Waals surface area contributed by atoms with Gasteiger partial charge in [0.05, 0.1) is 0 Å². The number of hydrogen-bond donors (Lipinski definition) is 0. The molecule has 0 aliphatic rings. The van der Waals surface area contributed by atoms with Gasteiger partial charge in [0.15, 0.2) is 9.04 Å². The van der Waals surface area contributed by atoms with Crippen LogP contribution in [0.4, 0.5) is 0 Å². The molecule has 0 aliphatic carbocycles. The summed E-state index contributed by atoms with van der Waals surface area (Å²) in [5, 5.41) is 0. The van der Waals surface area contributed by atoms with Crippen LogP contribution >= 0.6 is 7.60 Å². The van der Waals surface area contributed by atoms with E-state index in [9.17, 15) is 9.36 Å². The van der Waals surface area contributed by atoms with Gasteiger partial charge in [-0.25, -0.2) is 0 Å². The highest BCUT2D eigenvalue weighted by Gasteiger charge is 2.29. The predicted octanol–water partition coefficient (Wildman–Crippen LogP) is 3.24. The van der Waals surface area contributed by atoms with Gasteiger partial charge in [-0.15, -0.1) is 0 Å². The first-order chi connectivity index (χ1) is 9.04. The summed E-state index contributed by atoms with van der Waals surface area (Å²) in [5.41, 5.74) is -0.0102. The fraction of sp³-hybridized carbons (Fsp3) is 0.923. The summed E-state index contributed by atoms with van der Waals surface area (Å²) in [6.45, 7) is 10.5. The average Bonchev–Trinajstić information content (AvgIpc) is 2.32. The monoisotopic (exact) mass is 324 g/mol. The second kappa shape index (κ2) is 8.44. The Morgan fingerprint density at radius 1 is 1.20 bits per heavy atom. The van der Waals surface area contributed by atoms with Crippen LogP contribution in [0.25, 0.3) is 0 Å². The third kappa shape index (κ3) is 7.69. The van der Waals surface area contributed by atoms with Crippen molar-refractivity contribution in [2.75, 3.05) is 20.4 Å². The Labute approximate surface area is 124 Å². The minimum Gasteiger partial charge on any atom is -0.417 e. The second-order valence-corrected chi connectivity index (χ2v) is 10.9. The Balaban J connectivity index is 4.49. The van der Waals surface area contributed by atoms with Crippen molar-refractivity contribution in [3.8, 4) is 0 Å². The molecule has 0 aliphatic heterocycles. The lowest BCUT2D eigenvalue weighted by Gasteiger charge is -2.32. The van der Waals surface area contributed by atoms with Crippen LogP contribution in [0.15, 0.2) is 0 Å². The van der Waals surface area contributed by atoms with Gasteiger partial charge in [0, 0.05) is 26.7 Å². The van der Waals surface area contributed by atoms with Gasteiger partial charge >= 0.3 is 7.60 Å². The highest BCUT2D eigenvalue weighted by molar-refractivity contribution is 7.54. The van der Waals surface area contributed by atoms with E-state index < -0.39 is 16.6 Å². The van der Waals surface area contributed by atoms with Crippen molar-refractivity contribution in [2.45, 2.75) is 52.8 Å². The zero-order valence-corrected chi connectivity index (χ0v) is 15.8. The molecule has 0 saturated carbocycles. The van der Waals surface area contributed by atoms with E-state index in [0.717, 1.165) is 0 Å². The molecule has 0 aromatic rings. The minimum atomic E-state index is -3.25. The van der Waals surface area contributed by atoms with Gasteiger partial charge in [-0.05, 0) is 24.9 Å². The smallest absolute Gasteiger partial charge is 0.337 e. The van der Waals surface area contributed by atoms with E-state index in [4.69, 9.17) is 13.5 Å². The predicted molar refractivity (Wildman–Crippen MR) is 83.9 cm³/mol. The topological polar surface area (TPSA) is 61.8 Å². The molecule has 0 aromatic heterocycles. The fourth-order valence-electron chi connectivity index (χ4n) is 1.82. The van der Waals surface area contributed by atoms with Crippen molar-refractivity contribution in [3.63, 3.8) is 0 Å². The molecular weight excluding hydrogens is 295 g/mol. The molecule has 0 bridgehead atoms. The first-order valence-electron chi connectivity index (χ1n) is 6.91. The number of rotatable bonds is 9. The Hall–Kier alpha value is -0.00312. The zero-order valence-electron chi connectivity index (χ0n) is 13.8. The molecule has 0 spiro atoms. The number of carbonyl (C=O) groups excluding carboxylic acids is 1. The maximum atomic E-state index is 11.9. The van der Waals surface area contributed by atoms with Crippen LogP contribution in [0.5, 0.6) is 0 Å². The number of hydrogen-bond acceptors (Lipinski definition) is 5. The van der Waals surface area contributed by atoms with Crippen molar-refractivity contribution in [1.82, 2.24) is 0 Å². The van der Waals surface area contributed by atoms with Crippen LogP contribution in [0.3, 0.4) is 0 Å². The first kappa shape index (κ1) is 20.0. The molecule has 0 amide bonds. The number of Topliss-reactive ketones (excluding diaryl/α,β-unsaturated/α-hetero) is 1. The Morgan fingerprint density at radius 3 is 2.05 bits per heavy atom. The summed E-state index contributed by atoms with van der Waals surface area (Å²) in [6.07, 6.45) is 0.846. The molecule has 0 fully saturated rings. The summed E-state index contributed by atoms with van der Waals surface area (Å²) in [5.74, 6) is -0.111. The molecule has 0 rings (SSSR count). The van der Waals surface area contributed by atoms with Gasteiger partial charge in [-0.3, -0.25) is 9.36 Å². The SMILES string of the molecule is COP(=O)(CC(=O)CCC(O[SiH](C)C)C(C)(C)C)OC. The summed E-state index contributed by atoms with van der Waals surface area (Å²) in [6, 6.07) is 0. The lowest BCUT2D eigenvalue weighted by atomic mass is 9.86. The van der Waals surface area contributed by atoms with Crippen LogP contribution in [-0.4, -0.2) is 41.3 Å². The molecule has 1 unspecified atom stereocenters. The molecule has 20 heavy (non-hydrogen) atoms. The maximum absolute atomic E-state index is 11.9. The van der Waals surface area contributed by atoms with Gasteiger partial charge in [0.1, 0.15) is 11.9 Å². The molecule has 0 saturated heterocycles. The maximum Gasteiger partial charge on any atom is 0.337 e. The van der Waals surface area contributed by atoms with E-state index in [0.29, 0.717) is 12.8 Å². The van der Waals surface area contributed by atoms with Crippen LogP contribution in [0, 0.1) is 5.41 Å². The molecule has 0 N–H and O–H groups in total. The average molecular weight is 324 g/mol. The molecule has 5 nitrogen and oxygen atoms in total. The second-order valence-electron chi connectivity index (χ2n) is 6.25. The van der Waals surface area contributed by atoms with Gasteiger partial charge in [0.2, 0.25) is 0 Å². The Morgan fingerprint density at radius 2 is 1.70 bits per heavy atom. The van der Waals surface area contributed by atoms with E-state index in [1.165, 1.54) is 14.2 Å². The molecule has 7 heteroatoms. The normalized spacial score (nSPS) is 14.6. The summed E-state index contributed by atoms with van der Waals surface area (Å²) in [4.78, 5) is 11.9. The molecule has 0 aromatic carbocycles. The standard InChI is InChI=1S/C13H29O5PSi/c1-13(2,3)12(18-20(6)7)9-8-11(14)10-19(15,16-4)17-5/h12,20H,8-10H2,1-7H3. The van der Waals surface area contributed by atoms with Crippen LogP contribution in [0.1, 0.15) is 33.6 Å². The number of carbonyl (C=O) groups is 1. The van der Waals surface area contributed by atoms with Crippen molar-refractivity contribution in [3.05, 3.63) is 0 Å². The largest absolute Gasteiger partial charge is 0.417 e. The lowest BCUT2D eigenvalue weighted by Crippen LogP contribution is -2.33. The number of ketones is 1. The van der Waals surface area contributed by atoms with Gasteiger partial charge in [0.25, 0.3) is 0 Å². The minimum absolute atomic E-state index is 0.0102. The highest BCUT2D eigenvalue weighted by Crippen LogP contribution is 2.46. The van der Waals surface area contributed by atoms with Crippen LogP contribution in [-0.2, 0) is 22.8 Å². The van der Waals surface area contributed by atoms with Gasteiger partial charge < -0.3 is 13.5 Å². The van der Waals surface area contributed by atoms with Gasteiger partial charge in [-0.1, -0.05) is 20.8 Å². The molecule has 0 radical (unpaired) electrons.